The molecule has 2 aromatic rings. The number of benzene rings is 2. The molecule has 162 valence electrons. The number of likely N-dealkylation sites (N-methyl/N-ethyl adjacent to an activating group) is 1. The quantitative estimate of drug-likeness (QED) is 0.624. The van der Waals surface area contributed by atoms with Gasteiger partial charge in [0.05, 0.1) is 0 Å². The van der Waals surface area contributed by atoms with Crippen LogP contribution in [0.4, 0.5) is 0 Å². The summed E-state index contributed by atoms with van der Waals surface area (Å²) in [5, 5.41) is 3.71. The number of amides is 2. The first-order chi connectivity index (χ1) is 14.1. The molecule has 2 rings (SSSR count). The Morgan fingerprint density at radius 3 is 2.47 bits per heavy atom. The van der Waals surface area contributed by atoms with E-state index in [1.54, 1.807) is 25.1 Å². The van der Waals surface area contributed by atoms with E-state index in [1.807, 2.05) is 33.8 Å². The van der Waals surface area contributed by atoms with Gasteiger partial charge in [0.15, 0.2) is 6.61 Å². The number of hydrogen-bond acceptors (Lipinski definition) is 3. The van der Waals surface area contributed by atoms with Gasteiger partial charge in [0.1, 0.15) is 11.8 Å². The van der Waals surface area contributed by atoms with Crippen LogP contribution in [0.1, 0.15) is 36.1 Å². The zero-order chi connectivity index (χ0) is 22.4. The number of rotatable bonds is 8. The minimum absolute atomic E-state index is 0.169. The van der Waals surface area contributed by atoms with Crippen LogP contribution in [-0.2, 0) is 16.1 Å². The van der Waals surface area contributed by atoms with Gasteiger partial charge in [-0.15, -0.1) is 0 Å². The summed E-state index contributed by atoms with van der Waals surface area (Å²) in [5.41, 5.74) is 3.84. The van der Waals surface area contributed by atoms with Crippen LogP contribution in [0.5, 0.6) is 5.75 Å². The third-order valence-electron chi connectivity index (χ3n) is 4.99. The standard InChI is InChI=1S/C23H28Cl2N2O3/c1-6-26-23(29)17(5)27(12-18-7-8-19(24)11-20(18)25)22(28)13-30-21-10-14(2)9-15(3)16(21)4/h7-11,17H,6,12-13H2,1-5H3,(H,26,29)/t17-/m1/s1. The molecule has 0 aromatic heterocycles. The first kappa shape index (κ1) is 24.0. The molecule has 0 unspecified atom stereocenters. The number of carbonyl (C=O) groups excluding carboxylic acids is 2. The molecule has 0 heterocycles. The van der Waals surface area contributed by atoms with Crippen molar-refractivity contribution in [1.29, 1.82) is 0 Å². The average molecular weight is 451 g/mol. The lowest BCUT2D eigenvalue weighted by molar-refractivity contribution is -0.142. The Hall–Kier alpha value is -2.24. The maximum Gasteiger partial charge on any atom is 0.261 e. The second kappa shape index (κ2) is 10.7. The molecule has 2 amide bonds. The van der Waals surface area contributed by atoms with Crippen molar-refractivity contribution in [2.75, 3.05) is 13.2 Å². The Bertz CT molecular complexity index is 931. The summed E-state index contributed by atoms with van der Waals surface area (Å²) in [6.45, 7) is 9.92. The molecule has 0 aliphatic heterocycles. The van der Waals surface area contributed by atoms with Crippen LogP contribution in [0.15, 0.2) is 30.3 Å². The molecule has 0 fully saturated rings. The highest BCUT2D eigenvalue weighted by atomic mass is 35.5. The van der Waals surface area contributed by atoms with E-state index in [4.69, 9.17) is 27.9 Å². The Morgan fingerprint density at radius 2 is 1.83 bits per heavy atom. The maximum absolute atomic E-state index is 13.1. The molecule has 1 atom stereocenters. The van der Waals surface area contributed by atoms with Gasteiger partial charge in [0.25, 0.3) is 5.91 Å². The Balaban J connectivity index is 2.24. The Kier molecular flexibility index (Phi) is 8.56. The van der Waals surface area contributed by atoms with Gasteiger partial charge < -0.3 is 15.0 Å². The van der Waals surface area contributed by atoms with Crippen LogP contribution in [0.3, 0.4) is 0 Å². The van der Waals surface area contributed by atoms with E-state index in [0.29, 0.717) is 27.9 Å². The molecule has 0 saturated carbocycles. The van der Waals surface area contributed by atoms with Crippen LogP contribution < -0.4 is 10.1 Å². The molecule has 0 bridgehead atoms. The van der Waals surface area contributed by atoms with Crippen LogP contribution >= 0.6 is 23.2 Å². The molecule has 5 nitrogen and oxygen atoms in total. The number of nitrogens with one attached hydrogen (secondary N) is 1. The summed E-state index contributed by atoms with van der Waals surface area (Å²) >= 11 is 12.3. The van der Waals surface area contributed by atoms with Crippen molar-refractivity contribution in [2.24, 2.45) is 0 Å². The molecule has 1 N–H and O–H groups in total. The van der Waals surface area contributed by atoms with Crippen LogP contribution in [-0.4, -0.2) is 35.9 Å². The first-order valence-corrected chi connectivity index (χ1v) is 10.6. The number of aryl methyl sites for hydroxylation is 2. The van der Waals surface area contributed by atoms with Crippen molar-refractivity contribution in [3.8, 4) is 5.75 Å². The van der Waals surface area contributed by atoms with Crippen LogP contribution in [0.2, 0.25) is 10.0 Å². The van der Waals surface area contributed by atoms with Crippen molar-refractivity contribution < 1.29 is 14.3 Å². The molecule has 7 heteroatoms. The molecular formula is C23H28Cl2N2O3. The summed E-state index contributed by atoms with van der Waals surface area (Å²) in [7, 11) is 0. The number of hydrogen-bond donors (Lipinski definition) is 1. The van der Waals surface area contributed by atoms with Crippen LogP contribution in [0.25, 0.3) is 0 Å². The van der Waals surface area contributed by atoms with Crippen LogP contribution in [0, 0.1) is 20.8 Å². The summed E-state index contributed by atoms with van der Waals surface area (Å²) in [6, 6.07) is 8.36. The van der Waals surface area contributed by atoms with Gasteiger partial charge in [0, 0.05) is 23.1 Å². The maximum atomic E-state index is 13.1. The Labute approximate surface area is 188 Å². The number of carbonyl (C=O) groups is 2. The predicted octanol–water partition coefficient (Wildman–Crippen LogP) is 4.85. The van der Waals surface area contributed by atoms with Gasteiger partial charge in [-0.2, -0.15) is 0 Å². The molecule has 0 aliphatic rings. The predicted molar refractivity (Wildman–Crippen MR) is 121 cm³/mol. The van der Waals surface area contributed by atoms with Gasteiger partial charge >= 0.3 is 0 Å². The third kappa shape index (κ3) is 6.13. The molecule has 2 aromatic carbocycles. The average Bonchev–Trinajstić information content (AvgIpc) is 2.68. The molecule has 30 heavy (non-hydrogen) atoms. The first-order valence-electron chi connectivity index (χ1n) is 9.85. The zero-order valence-electron chi connectivity index (χ0n) is 18.0. The summed E-state index contributed by atoms with van der Waals surface area (Å²) in [5.74, 6) is 0.118. The van der Waals surface area contributed by atoms with Gasteiger partial charge in [-0.3, -0.25) is 9.59 Å². The van der Waals surface area contributed by atoms with Gasteiger partial charge in [0.2, 0.25) is 5.91 Å². The monoisotopic (exact) mass is 450 g/mol. The summed E-state index contributed by atoms with van der Waals surface area (Å²) in [4.78, 5) is 27.0. The van der Waals surface area contributed by atoms with Crippen molar-refractivity contribution in [1.82, 2.24) is 10.2 Å². The van der Waals surface area contributed by atoms with E-state index >= 15 is 0 Å². The van der Waals surface area contributed by atoms with Gasteiger partial charge in [-0.25, -0.2) is 0 Å². The van der Waals surface area contributed by atoms with Gasteiger partial charge in [-0.1, -0.05) is 35.3 Å². The largest absolute Gasteiger partial charge is 0.483 e. The topological polar surface area (TPSA) is 58.6 Å². The fourth-order valence-corrected chi connectivity index (χ4v) is 3.58. The molecule has 0 spiro atoms. The number of ether oxygens (including phenoxy) is 1. The highest BCUT2D eigenvalue weighted by Crippen LogP contribution is 2.25. The minimum atomic E-state index is -0.687. The molecule has 0 aliphatic carbocycles. The highest BCUT2D eigenvalue weighted by molar-refractivity contribution is 6.35. The second-order valence-electron chi connectivity index (χ2n) is 7.32. The fraction of sp³-hybridized carbons (Fsp3) is 0.391. The van der Waals surface area contributed by atoms with E-state index in [1.165, 1.54) is 4.90 Å². The minimum Gasteiger partial charge on any atom is -0.483 e. The number of halogens is 2. The van der Waals surface area contributed by atoms with Crippen molar-refractivity contribution in [3.05, 3.63) is 62.6 Å². The highest BCUT2D eigenvalue weighted by Gasteiger charge is 2.27. The molecule has 0 saturated heterocycles. The number of nitrogens with zero attached hydrogens (tertiary/aromatic N) is 1. The summed E-state index contributed by atoms with van der Waals surface area (Å²) in [6.07, 6.45) is 0. The molecule has 0 radical (unpaired) electrons. The lowest BCUT2D eigenvalue weighted by Crippen LogP contribution is -2.49. The van der Waals surface area contributed by atoms with E-state index < -0.39 is 6.04 Å². The zero-order valence-corrected chi connectivity index (χ0v) is 19.5. The SMILES string of the molecule is CCNC(=O)[C@@H](C)N(Cc1ccc(Cl)cc1Cl)C(=O)COc1cc(C)cc(C)c1C. The normalized spacial score (nSPS) is 11.7. The lowest BCUT2D eigenvalue weighted by atomic mass is 10.1. The van der Waals surface area contributed by atoms with Gasteiger partial charge in [-0.05, 0) is 75.1 Å². The van der Waals surface area contributed by atoms with E-state index in [2.05, 4.69) is 11.4 Å². The van der Waals surface area contributed by atoms with Crippen molar-refractivity contribution in [2.45, 2.75) is 47.2 Å². The van der Waals surface area contributed by atoms with Crippen molar-refractivity contribution >= 4 is 35.0 Å². The third-order valence-corrected chi connectivity index (χ3v) is 5.58. The second-order valence-corrected chi connectivity index (χ2v) is 8.17. The Morgan fingerprint density at radius 1 is 1.13 bits per heavy atom. The summed E-state index contributed by atoms with van der Waals surface area (Å²) < 4.78 is 5.84. The van der Waals surface area contributed by atoms with E-state index in [0.717, 1.165) is 16.7 Å². The van der Waals surface area contributed by atoms with E-state index in [-0.39, 0.29) is 25.0 Å². The van der Waals surface area contributed by atoms with Crippen molar-refractivity contribution in [3.63, 3.8) is 0 Å². The van der Waals surface area contributed by atoms with E-state index in [9.17, 15) is 9.59 Å². The molecular weight excluding hydrogens is 423 g/mol. The fourth-order valence-electron chi connectivity index (χ4n) is 3.11. The smallest absolute Gasteiger partial charge is 0.261 e. The lowest BCUT2D eigenvalue weighted by Gasteiger charge is -2.29.